The lowest BCUT2D eigenvalue weighted by molar-refractivity contribution is -0.422. The van der Waals surface area contributed by atoms with Gasteiger partial charge in [-0.15, -0.1) is 0 Å². The molecule has 12 heteroatoms. The van der Waals surface area contributed by atoms with Crippen LogP contribution in [0.1, 0.15) is 37.4 Å². The zero-order chi connectivity index (χ0) is 24.4. The molecule has 12 nitrogen and oxygen atoms in total. The Hall–Kier alpha value is -3.26. The average Bonchev–Trinajstić information content (AvgIpc) is 2.75. The van der Waals surface area contributed by atoms with Gasteiger partial charge in [0.1, 0.15) is 24.1 Å². The molecule has 0 bridgehead atoms. The fourth-order valence-corrected chi connectivity index (χ4v) is 3.96. The molecule has 2 aromatic carbocycles. The Morgan fingerprint density at radius 2 is 1.58 bits per heavy atom. The van der Waals surface area contributed by atoms with E-state index in [0.717, 1.165) is 6.07 Å². The molecular weight excluding hydrogens is 444 g/mol. The van der Waals surface area contributed by atoms with Crippen LogP contribution in [0.25, 0.3) is 0 Å². The number of rotatable bonds is 3. The van der Waals surface area contributed by atoms with Crippen molar-refractivity contribution in [2.24, 2.45) is 0 Å². The number of phenols is 3. The number of ketones is 2. The quantitative estimate of drug-likeness (QED) is 0.205. The number of aliphatic hydroxyl groups is 5. The maximum atomic E-state index is 13.0. The number of carbonyl (C=O) groups excluding carboxylic acids is 2. The molecule has 0 aromatic heterocycles. The summed E-state index contributed by atoms with van der Waals surface area (Å²) in [6.07, 6.45) is -7.87. The summed E-state index contributed by atoms with van der Waals surface area (Å²) in [6.45, 7) is 0.668. The summed E-state index contributed by atoms with van der Waals surface area (Å²) in [5.74, 6) is -8.57. The van der Waals surface area contributed by atoms with Crippen molar-refractivity contribution in [3.63, 3.8) is 0 Å². The molecule has 5 atom stereocenters. The van der Waals surface area contributed by atoms with Crippen molar-refractivity contribution in [2.45, 2.75) is 37.3 Å². The monoisotopic (exact) mass is 464 g/mol. The van der Waals surface area contributed by atoms with Gasteiger partial charge in [0.25, 0.3) is 0 Å². The Labute approximate surface area is 185 Å². The van der Waals surface area contributed by atoms with E-state index < -0.39 is 88.3 Å². The second-order valence-electron chi connectivity index (χ2n) is 7.86. The molecule has 1 unspecified atom stereocenters. The SMILES string of the molecule is Cc1cc(O)c2c(c1)C(=O)c1cc(O)c(OC3(O)O[C@H](CO)[C@@H](O)[C@H](O)[C@H]3O)c(O)c1C2=O. The maximum Gasteiger partial charge on any atom is 0.355 e. The lowest BCUT2D eigenvalue weighted by atomic mass is 9.82. The number of ether oxygens (including phenoxy) is 2. The number of benzene rings is 2. The van der Waals surface area contributed by atoms with Crippen LogP contribution in [-0.2, 0) is 4.74 Å². The van der Waals surface area contributed by atoms with Crippen LogP contribution in [0.3, 0.4) is 0 Å². The van der Waals surface area contributed by atoms with Gasteiger partial charge < -0.3 is 50.3 Å². The minimum atomic E-state index is -3.20. The van der Waals surface area contributed by atoms with Crippen molar-refractivity contribution in [3.8, 4) is 23.0 Å². The predicted molar refractivity (Wildman–Crippen MR) is 105 cm³/mol. The largest absolute Gasteiger partial charge is 0.507 e. The zero-order valence-corrected chi connectivity index (χ0v) is 17.0. The van der Waals surface area contributed by atoms with Gasteiger partial charge in [-0.05, 0) is 30.7 Å². The molecule has 1 aliphatic carbocycles. The third-order valence-corrected chi connectivity index (χ3v) is 5.62. The topological polar surface area (TPSA) is 214 Å². The smallest absolute Gasteiger partial charge is 0.355 e. The Morgan fingerprint density at radius 3 is 2.21 bits per heavy atom. The molecule has 1 aliphatic heterocycles. The normalized spacial score (nSPS) is 28.9. The van der Waals surface area contributed by atoms with Crippen molar-refractivity contribution in [1.29, 1.82) is 0 Å². The molecule has 0 amide bonds. The van der Waals surface area contributed by atoms with Crippen molar-refractivity contribution in [1.82, 2.24) is 0 Å². The number of aryl methyl sites for hydroxylation is 1. The molecule has 0 radical (unpaired) electrons. The van der Waals surface area contributed by atoms with Gasteiger partial charge in [0.15, 0.2) is 23.4 Å². The molecule has 0 spiro atoms. The van der Waals surface area contributed by atoms with Gasteiger partial charge in [0.2, 0.25) is 11.5 Å². The summed E-state index contributed by atoms with van der Waals surface area (Å²) < 4.78 is 9.95. The van der Waals surface area contributed by atoms with E-state index in [2.05, 4.69) is 0 Å². The second-order valence-corrected chi connectivity index (χ2v) is 7.86. The summed E-state index contributed by atoms with van der Waals surface area (Å²) >= 11 is 0. The molecule has 2 aromatic rings. The van der Waals surface area contributed by atoms with Crippen LogP contribution < -0.4 is 4.74 Å². The minimum absolute atomic E-state index is 0.148. The molecule has 8 N–H and O–H groups in total. The Morgan fingerprint density at radius 1 is 0.939 bits per heavy atom. The predicted octanol–water partition coefficient (Wildman–Crippen LogP) is -1.61. The highest BCUT2D eigenvalue weighted by atomic mass is 16.8. The molecular formula is C21H20O12. The average molecular weight is 464 g/mol. The van der Waals surface area contributed by atoms with Crippen molar-refractivity contribution >= 4 is 11.6 Å². The molecule has 1 heterocycles. The van der Waals surface area contributed by atoms with Crippen LogP contribution >= 0.6 is 0 Å². The first-order chi connectivity index (χ1) is 15.4. The first-order valence-electron chi connectivity index (χ1n) is 9.67. The number of fused-ring (bicyclic) bond motifs is 2. The van der Waals surface area contributed by atoms with Crippen molar-refractivity contribution < 1.29 is 59.9 Å². The van der Waals surface area contributed by atoms with Gasteiger partial charge in [0, 0.05) is 11.1 Å². The molecule has 0 saturated carbocycles. The lowest BCUT2D eigenvalue weighted by Crippen LogP contribution is -2.67. The van der Waals surface area contributed by atoms with E-state index in [1.165, 1.54) is 12.1 Å². The van der Waals surface area contributed by atoms with Gasteiger partial charge >= 0.3 is 5.97 Å². The molecule has 1 fully saturated rings. The Bertz CT molecular complexity index is 1170. The van der Waals surface area contributed by atoms with E-state index >= 15 is 0 Å². The third-order valence-electron chi connectivity index (χ3n) is 5.62. The van der Waals surface area contributed by atoms with Crippen LogP contribution in [-0.4, -0.2) is 89.4 Å². The zero-order valence-electron chi connectivity index (χ0n) is 17.0. The lowest BCUT2D eigenvalue weighted by Gasteiger charge is -2.44. The molecule has 2 aliphatic rings. The third kappa shape index (κ3) is 3.31. The fraction of sp³-hybridized carbons (Fsp3) is 0.333. The van der Waals surface area contributed by atoms with Gasteiger partial charge in [-0.1, -0.05) is 0 Å². The van der Waals surface area contributed by atoms with Gasteiger partial charge in [-0.2, -0.15) is 0 Å². The summed E-state index contributed by atoms with van der Waals surface area (Å²) in [7, 11) is 0. The first-order valence-corrected chi connectivity index (χ1v) is 9.67. The number of aromatic hydroxyl groups is 3. The van der Waals surface area contributed by atoms with Crippen LogP contribution in [0, 0.1) is 6.92 Å². The van der Waals surface area contributed by atoms with Crippen LogP contribution in [0.4, 0.5) is 0 Å². The van der Waals surface area contributed by atoms with E-state index in [1.807, 2.05) is 0 Å². The van der Waals surface area contributed by atoms with Gasteiger partial charge in [-0.25, -0.2) is 0 Å². The van der Waals surface area contributed by atoms with E-state index in [9.17, 15) is 50.4 Å². The van der Waals surface area contributed by atoms with E-state index in [-0.39, 0.29) is 5.56 Å². The number of phenolic OH excluding ortho intramolecular Hbond substituents is 3. The number of hydrogen-bond acceptors (Lipinski definition) is 12. The fourth-order valence-electron chi connectivity index (χ4n) is 3.96. The highest BCUT2D eigenvalue weighted by molar-refractivity contribution is 6.30. The standard InChI is InChI=1S/C21H20O12/c1-6-2-7-12(9(23)3-6)16(27)13-8(14(7)25)4-10(24)19(17(13)28)33-21(31)20(30)18(29)15(26)11(5-22)32-21/h2-4,11,15,18,20,22-24,26,28-31H,5H2,1H3/t11-,15-,18+,20-,21?/m1/s1. The molecule has 1 saturated heterocycles. The van der Waals surface area contributed by atoms with Crippen molar-refractivity contribution in [3.05, 3.63) is 46.0 Å². The van der Waals surface area contributed by atoms with Gasteiger partial charge in [-0.3, -0.25) is 9.59 Å². The maximum absolute atomic E-state index is 13.0. The van der Waals surface area contributed by atoms with E-state index in [4.69, 9.17) is 9.47 Å². The van der Waals surface area contributed by atoms with Crippen molar-refractivity contribution in [2.75, 3.05) is 6.61 Å². The summed E-state index contributed by atoms with van der Waals surface area (Å²) in [5, 5.41) is 81.1. The van der Waals surface area contributed by atoms with E-state index in [0.29, 0.717) is 5.56 Å². The van der Waals surface area contributed by atoms with Crippen LogP contribution in [0.15, 0.2) is 18.2 Å². The van der Waals surface area contributed by atoms with E-state index in [1.54, 1.807) is 6.92 Å². The highest BCUT2D eigenvalue weighted by Gasteiger charge is 2.56. The Kier molecular flexibility index (Phi) is 5.32. The van der Waals surface area contributed by atoms with Gasteiger partial charge in [0.05, 0.1) is 17.7 Å². The minimum Gasteiger partial charge on any atom is -0.507 e. The highest BCUT2D eigenvalue weighted by Crippen LogP contribution is 2.47. The summed E-state index contributed by atoms with van der Waals surface area (Å²) in [5.41, 5.74) is -1.14. The Balaban J connectivity index is 1.82. The second kappa shape index (κ2) is 7.66. The van der Waals surface area contributed by atoms with Crippen LogP contribution in [0.2, 0.25) is 0 Å². The number of carbonyl (C=O) groups is 2. The van der Waals surface area contributed by atoms with Crippen LogP contribution in [0.5, 0.6) is 23.0 Å². The number of hydrogen-bond donors (Lipinski definition) is 8. The molecule has 33 heavy (non-hydrogen) atoms. The first kappa shape index (κ1) is 22.9. The summed E-state index contributed by atoms with van der Waals surface area (Å²) in [6, 6.07) is 3.37. The molecule has 4 rings (SSSR count). The number of aliphatic hydroxyl groups excluding tert-OH is 4. The summed E-state index contributed by atoms with van der Waals surface area (Å²) in [4.78, 5) is 26.0. The molecule has 176 valence electrons.